The Morgan fingerprint density at radius 2 is 2.18 bits per heavy atom. The van der Waals surface area contributed by atoms with E-state index in [4.69, 9.17) is 11.6 Å². The summed E-state index contributed by atoms with van der Waals surface area (Å²) in [6.45, 7) is 1.16. The molecule has 1 amide bonds. The molecular formula is C12H16ClFN2O. The molecule has 94 valence electrons. The van der Waals surface area contributed by atoms with Crippen molar-refractivity contribution >= 4 is 17.5 Å². The summed E-state index contributed by atoms with van der Waals surface area (Å²) >= 11 is 5.66. The van der Waals surface area contributed by atoms with Gasteiger partial charge in [0, 0.05) is 33.6 Å². The van der Waals surface area contributed by atoms with E-state index in [0.29, 0.717) is 19.5 Å². The molecule has 0 aliphatic heterocycles. The molecule has 0 aliphatic rings. The number of halogens is 2. The highest BCUT2D eigenvalue weighted by molar-refractivity contribution is 6.30. The number of nitrogens with zero attached hydrogens (tertiary/aromatic N) is 1. The van der Waals surface area contributed by atoms with Crippen molar-refractivity contribution in [2.75, 3.05) is 20.6 Å². The van der Waals surface area contributed by atoms with Crippen LogP contribution < -0.4 is 5.32 Å². The average Bonchev–Trinajstić information content (AvgIpc) is 2.28. The van der Waals surface area contributed by atoms with E-state index in [9.17, 15) is 9.18 Å². The van der Waals surface area contributed by atoms with E-state index in [1.807, 2.05) is 0 Å². The van der Waals surface area contributed by atoms with Gasteiger partial charge >= 0.3 is 0 Å². The Morgan fingerprint density at radius 3 is 2.76 bits per heavy atom. The lowest BCUT2D eigenvalue weighted by Crippen LogP contribution is -2.26. The first kappa shape index (κ1) is 13.9. The van der Waals surface area contributed by atoms with Crippen molar-refractivity contribution in [3.63, 3.8) is 0 Å². The Balaban J connectivity index is 2.31. The standard InChI is InChI=1S/C12H16ClFN2O/c1-16(2)12(17)5-6-15-8-9-3-4-11(14)10(13)7-9/h3-4,7,15H,5-6,8H2,1-2H3. The topological polar surface area (TPSA) is 32.3 Å². The van der Waals surface area contributed by atoms with E-state index in [1.54, 1.807) is 31.1 Å². The van der Waals surface area contributed by atoms with Gasteiger partial charge in [0.15, 0.2) is 0 Å². The summed E-state index contributed by atoms with van der Waals surface area (Å²) in [7, 11) is 3.45. The van der Waals surface area contributed by atoms with Crippen LogP contribution in [0.1, 0.15) is 12.0 Å². The molecule has 3 nitrogen and oxygen atoms in total. The third kappa shape index (κ3) is 4.71. The number of rotatable bonds is 5. The van der Waals surface area contributed by atoms with Crippen LogP contribution in [0.25, 0.3) is 0 Å². The molecule has 1 N–H and O–H groups in total. The summed E-state index contributed by atoms with van der Waals surface area (Å²) in [5.74, 6) is -0.340. The lowest BCUT2D eigenvalue weighted by molar-refractivity contribution is -0.128. The number of carbonyl (C=O) groups is 1. The minimum atomic E-state index is -0.418. The molecule has 0 aromatic heterocycles. The quantitative estimate of drug-likeness (QED) is 0.820. The zero-order valence-electron chi connectivity index (χ0n) is 9.96. The van der Waals surface area contributed by atoms with Crippen molar-refractivity contribution in [1.29, 1.82) is 0 Å². The Bertz CT molecular complexity index is 396. The fourth-order valence-corrected chi connectivity index (χ4v) is 1.50. The number of hydrogen-bond donors (Lipinski definition) is 1. The number of nitrogens with one attached hydrogen (secondary N) is 1. The van der Waals surface area contributed by atoms with Gasteiger partial charge in [0.2, 0.25) is 5.91 Å². The molecule has 0 radical (unpaired) electrons. The molecule has 0 aliphatic carbocycles. The predicted molar refractivity (Wildman–Crippen MR) is 66.4 cm³/mol. The van der Waals surface area contributed by atoms with Crippen LogP contribution in [-0.2, 0) is 11.3 Å². The molecule has 0 atom stereocenters. The van der Waals surface area contributed by atoms with Crippen molar-refractivity contribution in [1.82, 2.24) is 10.2 Å². The second-order valence-corrected chi connectivity index (χ2v) is 4.37. The van der Waals surface area contributed by atoms with Gasteiger partial charge in [-0.15, -0.1) is 0 Å². The van der Waals surface area contributed by atoms with Gasteiger partial charge in [-0.2, -0.15) is 0 Å². The molecule has 0 saturated carbocycles. The molecule has 0 spiro atoms. The monoisotopic (exact) mass is 258 g/mol. The summed E-state index contributed by atoms with van der Waals surface area (Å²) in [5, 5.41) is 3.22. The molecule has 0 bridgehead atoms. The lowest BCUT2D eigenvalue weighted by Gasteiger charge is -2.10. The van der Waals surface area contributed by atoms with E-state index in [0.717, 1.165) is 5.56 Å². The highest BCUT2D eigenvalue weighted by atomic mass is 35.5. The van der Waals surface area contributed by atoms with Gasteiger partial charge in [-0.05, 0) is 17.7 Å². The number of benzene rings is 1. The van der Waals surface area contributed by atoms with E-state index in [1.165, 1.54) is 6.07 Å². The molecule has 0 unspecified atom stereocenters. The van der Waals surface area contributed by atoms with Crippen LogP contribution in [-0.4, -0.2) is 31.4 Å². The van der Waals surface area contributed by atoms with Crippen LogP contribution in [0.2, 0.25) is 5.02 Å². The van der Waals surface area contributed by atoms with Gasteiger partial charge in [0.1, 0.15) is 5.82 Å². The van der Waals surface area contributed by atoms with E-state index < -0.39 is 5.82 Å². The Labute approximate surface area is 106 Å². The summed E-state index contributed by atoms with van der Waals surface area (Å²) in [6, 6.07) is 4.59. The second-order valence-electron chi connectivity index (χ2n) is 3.96. The van der Waals surface area contributed by atoms with E-state index >= 15 is 0 Å². The maximum atomic E-state index is 12.9. The summed E-state index contributed by atoms with van der Waals surface area (Å²) in [4.78, 5) is 12.8. The smallest absolute Gasteiger partial charge is 0.223 e. The van der Waals surface area contributed by atoms with Crippen molar-refractivity contribution in [3.05, 3.63) is 34.6 Å². The molecule has 0 fully saturated rings. The van der Waals surface area contributed by atoms with Gasteiger partial charge in [0.25, 0.3) is 0 Å². The summed E-state index contributed by atoms with van der Waals surface area (Å²) in [5.41, 5.74) is 0.897. The first-order valence-corrected chi connectivity index (χ1v) is 5.73. The largest absolute Gasteiger partial charge is 0.349 e. The maximum absolute atomic E-state index is 12.9. The van der Waals surface area contributed by atoms with Crippen LogP contribution in [0.5, 0.6) is 0 Å². The third-order valence-corrected chi connectivity index (χ3v) is 2.62. The fourth-order valence-electron chi connectivity index (χ4n) is 1.30. The van der Waals surface area contributed by atoms with Crippen molar-refractivity contribution < 1.29 is 9.18 Å². The molecule has 1 aromatic carbocycles. The van der Waals surface area contributed by atoms with E-state index in [2.05, 4.69) is 5.32 Å². The predicted octanol–water partition coefficient (Wildman–Crippen LogP) is 2.05. The average molecular weight is 259 g/mol. The third-order valence-electron chi connectivity index (χ3n) is 2.33. The van der Waals surface area contributed by atoms with Gasteiger partial charge < -0.3 is 10.2 Å². The van der Waals surface area contributed by atoms with Gasteiger partial charge in [-0.25, -0.2) is 4.39 Å². The normalized spacial score (nSPS) is 10.4. The highest BCUT2D eigenvalue weighted by Crippen LogP contribution is 2.15. The molecular weight excluding hydrogens is 243 g/mol. The minimum absolute atomic E-state index is 0.0784. The molecule has 1 rings (SSSR count). The number of amides is 1. The zero-order valence-corrected chi connectivity index (χ0v) is 10.7. The number of carbonyl (C=O) groups excluding carboxylic acids is 1. The highest BCUT2D eigenvalue weighted by Gasteiger charge is 2.03. The molecule has 0 heterocycles. The lowest BCUT2D eigenvalue weighted by atomic mass is 10.2. The van der Waals surface area contributed by atoms with E-state index in [-0.39, 0.29) is 10.9 Å². The maximum Gasteiger partial charge on any atom is 0.223 e. The molecule has 5 heteroatoms. The zero-order chi connectivity index (χ0) is 12.8. The Kier molecular flexibility index (Phi) is 5.38. The van der Waals surface area contributed by atoms with Crippen LogP contribution in [0.3, 0.4) is 0 Å². The SMILES string of the molecule is CN(C)C(=O)CCNCc1ccc(F)c(Cl)c1. The Morgan fingerprint density at radius 1 is 1.47 bits per heavy atom. The Hall–Kier alpha value is -1.13. The first-order chi connectivity index (χ1) is 8.00. The van der Waals surface area contributed by atoms with Crippen LogP contribution in [0.15, 0.2) is 18.2 Å². The van der Waals surface area contributed by atoms with Gasteiger partial charge in [-0.1, -0.05) is 17.7 Å². The fraction of sp³-hybridized carbons (Fsp3) is 0.417. The van der Waals surface area contributed by atoms with Crippen molar-refractivity contribution in [3.8, 4) is 0 Å². The molecule has 0 saturated heterocycles. The molecule has 17 heavy (non-hydrogen) atoms. The van der Waals surface area contributed by atoms with Crippen LogP contribution in [0.4, 0.5) is 4.39 Å². The second kappa shape index (κ2) is 6.57. The summed E-state index contributed by atoms with van der Waals surface area (Å²) in [6.07, 6.45) is 0.446. The summed E-state index contributed by atoms with van der Waals surface area (Å²) < 4.78 is 12.9. The van der Waals surface area contributed by atoms with Gasteiger partial charge in [0.05, 0.1) is 5.02 Å². The number of hydrogen-bond acceptors (Lipinski definition) is 2. The van der Waals surface area contributed by atoms with Crippen LogP contribution in [0, 0.1) is 5.82 Å². The van der Waals surface area contributed by atoms with Gasteiger partial charge in [-0.3, -0.25) is 4.79 Å². The van der Waals surface area contributed by atoms with Crippen LogP contribution >= 0.6 is 11.6 Å². The van der Waals surface area contributed by atoms with Crippen molar-refractivity contribution in [2.45, 2.75) is 13.0 Å². The van der Waals surface area contributed by atoms with Crippen molar-refractivity contribution in [2.24, 2.45) is 0 Å². The first-order valence-electron chi connectivity index (χ1n) is 5.35. The minimum Gasteiger partial charge on any atom is -0.349 e. The molecule has 1 aromatic rings.